The number of carbonyl (C=O) groups excluding carboxylic acids is 1. The van der Waals surface area contributed by atoms with Crippen LogP contribution in [0.2, 0.25) is 0 Å². The Bertz CT molecular complexity index is 1230. The quantitative estimate of drug-likeness (QED) is 0.569. The van der Waals surface area contributed by atoms with E-state index in [1.165, 1.54) is 16.8 Å². The first kappa shape index (κ1) is 17.7. The highest BCUT2D eigenvalue weighted by molar-refractivity contribution is 6.05. The van der Waals surface area contributed by atoms with Crippen LogP contribution in [0.1, 0.15) is 21.8 Å². The van der Waals surface area contributed by atoms with Gasteiger partial charge in [0.25, 0.3) is 11.5 Å². The number of H-pyrrole nitrogens is 1. The van der Waals surface area contributed by atoms with Gasteiger partial charge in [-0.3, -0.25) is 19.4 Å². The first-order chi connectivity index (χ1) is 13.4. The summed E-state index contributed by atoms with van der Waals surface area (Å²) in [6.45, 7) is 1.91. The lowest BCUT2D eigenvalue weighted by molar-refractivity contribution is 0.0949. The maximum atomic E-state index is 13.0. The van der Waals surface area contributed by atoms with Gasteiger partial charge in [-0.1, -0.05) is 0 Å². The van der Waals surface area contributed by atoms with E-state index in [2.05, 4.69) is 15.4 Å². The lowest BCUT2D eigenvalue weighted by Gasteiger charge is -2.06. The van der Waals surface area contributed by atoms with Crippen molar-refractivity contribution < 1.29 is 13.6 Å². The summed E-state index contributed by atoms with van der Waals surface area (Å²) in [6.07, 6.45) is 0. The van der Waals surface area contributed by atoms with Gasteiger partial charge in [-0.05, 0) is 49.4 Å². The van der Waals surface area contributed by atoms with Gasteiger partial charge in [0, 0.05) is 18.3 Å². The van der Waals surface area contributed by atoms with Crippen molar-refractivity contribution in [2.75, 3.05) is 0 Å². The third-order valence-corrected chi connectivity index (χ3v) is 4.40. The molecule has 4 rings (SSSR count). The minimum Gasteiger partial charge on any atom is -0.459 e. The number of aryl methyl sites for hydroxylation is 2. The maximum Gasteiger partial charge on any atom is 0.274 e. The monoisotopic (exact) mass is 380 g/mol. The number of furan rings is 1. The van der Waals surface area contributed by atoms with Crippen molar-refractivity contribution in [3.63, 3.8) is 0 Å². The molecule has 1 aromatic carbocycles. The molecular weight excluding hydrogens is 363 g/mol. The van der Waals surface area contributed by atoms with Crippen molar-refractivity contribution in [3.8, 4) is 11.3 Å². The molecule has 0 aliphatic rings. The number of halogens is 1. The van der Waals surface area contributed by atoms with Gasteiger partial charge in [0.15, 0.2) is 5.65 Å². The van der Waals surface area contributed by atoms with Gasteiger partial charge < -0.3 is 9.73 Å². The molecule has 0 saturated heterocycles. The molecule has 8 heteroatoms. The number of nitrogens with zero attached hydrogens (tertiary/aromatic N) is 2. The minimum absolute atomic E-state index is 0.146. The second-order valence-corrected chi connectivity index (χ2v) is 6.47. The molecule has 0 fully saturated rings. The average Bonchev–Trinajstić information content (AvgIpc) is 3.25. The van der Waals surface area contributed by atoms with Gasteiger partial charge in [0.05, 0.1) is 17.5 Å². The maximum absolute atomic E-state index is 13.0. The Kier molecular flexibility index (Phi) is 4.31. The summed E-state index contributed by atoms with van der Waals surface area (Å²) in [4.78, 5) is 29.1. The van der Waals surface area contributed by atoms with E-state index in [0.717, 1.165) is 5.56 Å². The Morgan fingerprint density at radius 2 is 2.00 bits per heavy atom. The number of aromatic amines is 1. The molecule has 2 N–H and O–H groups in total. The second kappa shape index (κ2) is 6.80. The molecule has 0 saturated carbocycles. The van der Waals surface area contributed by atoms with Crippen LogP contribution in [0.4, 0.5) is 4.39 Å². The molecule has 142 valence electrons. The number of pyridine rings is 1. The highest BCUT2D eigenvalue weighted by atomic mass is 19.1. The van der Waals surface area contributed by atoms with E-state index in [-0.39, 0.29) is 28.9 Å². The summed E-state index contributed by atoms with van der Waals surface area (Å²) in [5.74, 6) is 0.396. The van der Waals surface area contributed by atoms with E-state index in [0.29, 0.717) is 22.9 Å². The molecule has 0 unspecified atom stereocenters. The Labute approximate surface area is 158 Å². The van der Waals surface area contributed by atoms with E-state index in [9.17, 15) is 14.0 Å². The zero-order valence-corrected chi connectivity index (χ0v) is 15.2. The fourth-order valence-corrected chi connectivity index (χ4v) is 3.07. The molecule has 7 nitrogen and oxygen atoms in total. The van der Waals surface area contributed by atoms with Gasteiger partial charge in [-0.2, -0.15) is 0 Å². The number of carbonyl (C=O) groups is 1. The van der Waals surface area contributed by atoms with Crippen LogP contribution in [0.25, 0.3) is 22.4 Å². The molecule has 0 radical (unpaired) electrons. The Balaban J connectivity index is 1.55. The lowest BCUT2D eigenvalue weighted by Crippen LogP contribution is -2.24. The Morgan fingerprint density at radius 1 is 1.25 bits per heavy atom. The Morgan fingerprint density at radius 3 is 2.75 bits per heavy atom. The third kappa shape index (κ3) is 3.20. The normalized spacial score (nSPS) is 11.1. The molecular formula is C20H17FN4O3. The number of benzene rings is 1. The first-order valence-corrected chi connectivity index (χ1v) is 8.61. The fourth-order valence-electron chi connectivity index (χ4n) is 3.07. The molecule has 3 heterocycles. The highest BCUT2D eigenvalue weighted by Gasteiger charge is 2.18. The molecule has 0 aliphatic carbocycles. The van der Waals surface area contributed by atoms with Gasteiger partial charge in [-0.15, -0.1) is 0 Å². The van der Waals surface area contributed by atoms with Gasteiger partial charge >= 0.3 is 0 Å². The van der Waals surface area contributed by atoms with Gasteiger partial charge in [0.1, 0.15) is 17.3 Å². The summed E-state index contributed by atoms with van der Waals surface area (Å²) in [5.41, 5.74) is 1.68. The predicted octanol–water partition coefficient (Wildman–Crippen LogP) is 2.90. The van der Waals surface area contributed by atoms with Crippen molar-refractivity contribution in [3.05, 3.63) is 75.7 Å². The van der Waals surface area contributed by atoms with E-state index in [4.69, 9.17) is 4.42 Å². The van der Waals surface area contributed by atoms with Gasteiger partial charge in [0.2, 0.25) is 0 Å². The minimum atomic E-state index is -0.396. The van der Waals surface area contributed by atoms with Crippen molar-refractivity contribution >= 4 is 16.9 Å². The van der Waals surface area contributed by atoms with Crippen molar-refractivity contribution in [1.82, 2.24) is 20.1 Å². The zero-order chi connectivity index (χ0) is 19.8. The largest absolute Gasteiger partial charge is 0.459 e. The number of hydrogen-bond donors (Lipinski definition) is 2. The molecule has 0 spiro atoms. The van der Waals surface area contributed by atoms with Crippen LogP contribution in [0, 0.1) is 12.7 Å². The predicted molar refractivity (Wildman–Crippen MR) is 101 cm³/mol. The zero-order valence-electron chi connectivity index (χ0n) is 15.2. The molecule has 0 bridgehead atoms. The fraction of sp³-hybridized carbons (Fsp3) is 0.150. The average molecular weight is 380 g/mol. The smallest absolute Gasteiger partial charge is 0.274 e. The number of amides is 1. The molecule has 0 atom stereocenters. The van der Waals surface area contributed by atoms with Crippen LogP contribution in [-0.2, 0) is 13.6 Å². The summed E-state index contributed by atoms with van der Waals surface area (Å²) in [5, 5.41) is 5.62. The topological polar surface area (TPSA) is 92.9 Å². The number of fused-ring (bicyclic) bond motifs is 1. The Hall–Kier alpha value is -3.68. The van der Waals surface area contributed by atoms with E-state index in [1.54, 1.807) is 44.3 Å². The van der Waals surface area contributed by atoms with E-state index >= 15 is 0 Å². The SMILES string of the molecule is Cc1cc(C(=O)NCc2ccc(-c3ccc(F)cc3)o2)c2c(=O)[nH]n(C)c2n1. The van der Waals surface area contributed by atoms with Crippen LogP contribution in [0.5, 0.6) is 0 Å². The van der Waals surface area contributed by atoms with Crippen LogP contribution < -0.4 is 10.9 Å². The second-order valence-electron chi connectivity index (χ2n) is 6.47. The summed E-state index contributed by atoms with van der Waals surface area (Å²) >= 11 is 0. The number of hydrogen-bond acceptors (Lipinski definition) is 4. The molecule has 28 heavy (non-hydrogen) atoms. The molecule has 1 amide bonds. The van der Waals surface area contributed by atoms with Crippen LogP contribution >= 0.6 is 0 Å². The van der Waals surface area contributed by atoms with Crippen molar-refractivity contribution in [2.24, 2.45) is 7.05 Å². The van der Waals surface area contributed by atoms with Gasteiger partial charge in [-0.25, -0.2) is 9.37 Å². The lowest BCUT2D eigenvalue weighted by atomic mass is 10.1. The standard InChI is InChI=1S/C20H17FN4O3/c1-11-9-15(17-18(23-11)25(2)24-20(17)27)19(26)22-10-14-7-8-16(28-14)12-3-5-13(21)6-4-12/h3-9H,10H2,1-2H3,(H,22,26)(H,24,27). The third-order valence-electron chi connectivity index (χ3n) is 4.40. The molecule has 0 aliphatic heterocycles. The summed E-state index contributed by atoms with van der Waals surface area (Å²) < 4.78 is 20.2. The van der Waals surface area contributed by atoms with Crippen molar-refractivity contribution in [1.29, 1.82) is 0 Å². The molecule has 3 aromatic heterocycles. The highest BCUT2D eigenvalue weighted by Crippen LogP contribution is 2.22. The summed E-state index contributed by atoms with van der Waals surface area (Å²) in [6, 6.07) is 11.0. The van der Waals surface area contributed by atoms with Crippen LogP contribution in [0.15, 0.2) is 51.7 Å². The van der Waals surface area contributed by atoms with E-state index in [1.807, 2.05) is 0 Å². The number of rotatable bonds is 4. The number of nitrogens with one attached hydrogen (secondary N) is 2. The van der Waals surface area contributed by atoms with Crippen LogP contribution in [-0.4, -0.2) is 20.7 Å². The summed E-state index contributed by atoms with van der Waals surface area (Å²) in [7, 11) is 1.66. The number of aromatic nitrogens is 3. The van der Waals surface area contributed by atoms with Crippen LogP contribution in [0.3, 0.4) is 0 Å². The first-order valence-electron chi connectivity index (χ1n) is 8.61. The van der Waals surface area contributed by atoms with E-state index < -0.39 is 5.91 Å². The van der Waals surface area contributed by atoms with Crippen molar-refractivity contribution in [2.45, 2.75) is 13.5 Å². The molecule has 4 aromatic rings.